The van der Waals surface area contributed by atoms with Gasteiger partial charge in [-0.05, 0) is 55.7 Å². The van der Waals surface area contributed by atoms with Gasteiger partial charge in [0.25, 0.3) is 10.0 Å². The number of halogens is 1. The maximum absolute atomic E-state index is 13.3. The van der Waals surface area contributed by atoms with Gasteiger partial charge in [0.05, 0.1) is 10.6 Å². The number of H-pyrrole nitrogens is 1. The highest BCUT2D eigenvalue weighted by Crippen LogP contribution is 2.39. The first-order chi connectivity index (χ1) is 12.4. The Kier molecular flexibility index (Phi) is 3.99. The van der Waals surface area contributed by atoms with E-state index in [0.717, 1.165) is 24.7 Å². The molecule has 0 aliphatic heterocycles. The molecule has 0 amide bonds. The molecule has 1 saturated carbocycles. The Hall–Kier alpha value is -2.74. The minimum atomic E-state index is -3.87. The molecule has 6 nitrogen and oxygen atoms in total. The lowest BCUT2D eigenvalue weighted by Gasteiger charge is -2.12. The number of rotatable bonds is 5. The molecular formula is C18H17FN4O2S. The number of sulfonamides is 1. The van der Waals surface area contributed by atoms with E-state index in [9.17, 15) is 12.8 Å². The van der Waals surface area contributed by atoms with Crippen LogP contribution in [0.2, 0.25) is 0 Å². The number of para-hydroxylation sites is 1. The number of anilines is 1. The van der Waals surface area contributed by atoms with E-state index in [-0.39, 0.29) is 4.90 Å². The topological polar surface area (TPSA) is 87.7 Å². The molecule has 4 rings (SSSR count). The third-order valence-electron chi connectivity index (χ3n) is 4.31. The summed E-state index contributed by atoms with van der Waals surface area (Å²) < 4.78 is 41.4. The number of hydrogen-bond donors (Lipinski definition) is 2. The molecule has 26 heavy (non-hydrogen) atoms. The Balaban J connectivity index is 1.69. The average Bonchev–Trinajstić information content (AvgIpc) is 3.32. The maximum Gasteiger partial charge on any atom is 0.262 e. The van der Waals surface area contributed by atoms with Crippen LogP contribution >= 0.6 is 0 Å². The second kappa shape index (κ2) is 6.21. The maximum atomic E-state index is 13.3. The zero-order valence-corrected chi connectivity index (χ0v) is 14.8. The van der Waals surface area contributed by atoms with Crippen molar-refractivity contribution in [3.05, 3.63) is 59.7 Å². The molecule has 2 aromatic carbocycles. The van der Waals surface area contributed by atoms with E-state index in [0.29, 0.717) is 28.6 Å². The molecule has 1 aliphatic carbocycles. The monoisotopic (exact) mass is 372 g/mol. The van der Waals surface area contributed by atoms with Gasteiger partial charge in [0, 0.05) is 11.5 Å². The summed E-state index contributed by atoms with van der Waals surface area (Å²) in [6.45, 7) is 1.56. The highest BCUT2D eigenvalue weighted by Gasteiger charge is 2.28. The van der Waals surface area contributed by atoms with Crippen molar-refractivity contribution in [1.82, 2.24) is 15.2 Å². The molecule has 134 valence electrons. The van der Waals surface area contributed by atoms with E-state index >= 15 is 0 Å². The summed E-state index contributed by atoms with van der Waals surface area (Å²) in [6.07, 6.45) is 2.18. The van der Waals surface area contributed by atoms with Gasteiger partial charge >= 0.3 is 0 Å². The van der Waals surface area contributed by atoms with E-state index in [2.05, 4.69) is 19.9 Å². The normalized spacial score (nSPS) is 14.4. The zero-order chi connectivity index (χ0) is 18.3. The Morgan fingerprint density at radius 1 is 1.19 bits per heavy atom. The van der Waals surface area contributed by atoms with Crippen LogP contribution in [0.3, 0.4) is 0 Å². The quantitative estimate of drug-likeness (QED) is 0.716. The number of nitrogens with one attached hydrogen (secondary N) is 2. The van der Waals surface area contributed by atoms with Gasteiger partial charge < -0.3 is 0 Å². The summed E-state index contributed by atoms with van der Waals surface area (Å²) in [5, 5.41) is 7.14. The summed E-state index contributed by atoms with van der Waals surface area (Å²) >= 11 is 0. The Labute approximate surface area is 150 Å². The predicted molar refractivity (Wildman–Crippen MR) is 95.7 cm³/mol. The Morgan fingerprint density at radius 3 is 2.69 bits per heavy atom. The van der Waals surface area contributed by atoms with Crippen LogP contribution in [0.4, 0.5) is 10.1 Å². The summed E-state index contributed by atoms with van der Waals surface area (Å²) in [5.74, 6) is 1.21. The standard InChI is InChI=1S/C18H17FN4O2S/c1-11-10-13(19)8-9-16(11)26(24,25)23-15-5-3-2-4-14(15)18-20-17(21-22-18)12-6-7-12/h2-5,8-10,12,23H,6-7H2,1H3,(H,20,21,22). The number of aromatic nitrogens is 3. The van der Waals surface area contributed by atoms with Gasteiger partial charge in [-0.1, -0.05) is 12.1 Å². The molecule has 1 fully saturated rings. The first kappa shape index (κ1) is 16.7. The number of hydrogen-bond acceptors (Lipinski definition) is 4. The molecule has 0 atom stereocenters. The van der Waals surface area contributed by atoms with E-state index in [1.165, 1.54) is 12.1 Å². The molecule has 0 saturated heterocycles. The molecule has 2 N–H and O–H groups in total. The highest BCUT2D eigenvalue weighted by molar-refractivity contribution is 7.92. The average molecular weight is 372 g/mol. The zero-order valence-electron chi connectivity index (χ0n) is 14.0. The molecule has 0 unspecified atom stereocenters. The molecule has 0 spiro atoms. The molecule has 3 aromatic rings. The van der Waals surface area contributed by atoms with Crippen molar-refractivity contribution in [3.63, 3.8) is 0 Å². The first-order valence-corrected chi connectivity index (χ1v) is 9.73. The molecule has 0 radical (unpaired) electrons. The van der Waals surface area contributed by atoms with Crippen LogP contribution in [0.15, 0.2) is 47.4 Å². The van der Waals surface area contributed by atoms with Gasteiger partial charge in [-0.25, -0.2) is 17.8 Å². The second-order valence-electron chi connectivity index (χ2n) is 6.38. The van der Waals surface area contributed by atoms with Crippen molar-refractivity contribution in [2.24, 2.45) is 0 Å². The van der Waals surface area contributed by atoms with Crippen molar-refractivity contribution in [2.45, 2.75) is 30.6 Å². The van der Waals surface area contributed by atoms with Crippen LogP contribution in [0.1, 0.15) is 30.1 Å². The fraction of sp³-hybridized carbons (Fsp3) is 0.222. The van der Waals surface area contributed by atoms with E-state index in [1.54, 1.807) is 31.2 Å². The van der Waals surface area contributed by atoms with Gasteiger partial charge in [0.15, 0.2) is 5.82 Å². The number of nitrogens with zero attached hydrogens (tertiary/aromatic N) is 2. The van der Waals surface area contributed by atoms with Gasteiger partial charge in [0.1, 0.15) is 11.6 Å². The predicted octanol–water partition coefficient (Wildman–Crippen LogP) is 3.60. The highest BCUT2D eigenvalue weighted by atomic mass is 32.2. The summed E-state index contributed by atoms with van der Waals surface area (Å²) in [6, 6.07) is 10.5. The largest absolute Gasteiger partial charge is 0.279 e. The van der Waals surface area contributed by atoms with Crippen molar-refractivity contribution >= 4 is 15.7 Å². The smallest absolute Gasteiger partial charge is 0.262 e. The lowest BCUT2D eigenvalue weighted by atomic mass is 10.2. The fourth-order valence-electron chi connectivity index (χ4n) is 2.82. The van der Waals surface area contributed by atoms with E-state index < -0.39 is 15.8 Å². The Bertz CT molecular complexity index is 1070. The van der Waals surface area contributed by atoms with Crippen molar-refractivity contribution in [2.75, 3.05) is 4.72 Å². The van der Waals surface area contributed by atoms with Gasteiger partial charge in [-0.2, -0.15) is 5.10 Å². The SMILES string of the molecule is Cc1cc(F)ccc1S(=O)(=O)Nc1ccccc1-c1n[nH]c(C2CC2)n1. The number of aromatic amines is 1. The van der Waals surface area contributed by atoms with Gasteiger partial charge in [-0.15, -0.1) is 0 Å². The third kappa shape index (κ3) is 3.20. The van der Waals surface area contributed by atoms with Crippen LogP contribution in [-0.2, 0) is 10.0 Å². The summed E-state index contributed by atoms with van der Waals surface area (Å²) in [5.41, 5.74) is 1.29. The number of benzene rings is 2. The minimum Gasteiger partial charge on any atom is -0.279 e. The lowest BCUT2D eigenvalue weighted by molar-refractivity contribution is 0.598. The van der Waals surface area contributed by atoms with E-state index in [4.69, 9.17) is 0 Å². The van der Waals surface area contributed by atoms with Crippen molar-refractivity contribution < 1.29 is 12.8 Å². The van der Waals surface area contributed by atoms with Crippen molar-refractivity contribution in [3.8, 4) is 11.4 Å². The Morgan fingerprint density at radius 2 is 1.96 bits per heavy atom. The molecule has 1 aromatic heterocycles. The van der Waals surface area contributed by atoms with Gasteiger partial charge in [0.2, 0.25) is 0 Å². The van der Waals surface area contributed by atoms with E-state index in [1.807, 2.05) is 0 Å². The lowest BCUT2D eigenvalue weighted by Crippen LogP contribution is -2.15. The minimum absolute atomic E-state index is 0.0300. The van der Waals surface area contributed by atoms with Crippen LogP contribution in [-0.4, -0.2) is 23.6 Å². The fourth-order valence-corrected chi connectivity index (χ4v) is 4.12. The molecule has 1 heterocycles. The second-order valence-corrected chi connectivity index (χ2v) is 8.03. The van der Waals surface area contributed by atoms with Crippen LogP contribution < -0.4 is 4.72 Å². The van der Waals surface area contributed by atoms with Crippen LogP contribution in [0.25, 0.3) is 11.4 Å². The van der Waals surface area contributed by atoms with Crippen LogP contribution in [0.5, 0.6) is 0 Å². The molecule has 8 heteroatoms. The molecular weight excluding hydrogens is 355 g/mol. The van der Waals surface area contributed by atoms with Crippen LogP contribution in [0, 0.1) is 12.7 Å². The molecule has 0 bridgehead atoms. The van der Waals surface area contributed by atoms with Gasteiger partial charge in [-0.3, -0.25) is 9.82 Å². The summed E-state index contributed by atoms with van der Waals surface area (Å²) in [4.78, 5) is 4.51. The number of aryl methyl sites for hydroxylation is 1. The first-order valence-electron chi connectivity index (χ1n) is 8.25. The third-order valence-corrected chi connectivity index (χ3v) is 5.83. The molecule has 1 aliphatic rings. The summed E-state index contributed by atoms with van der Waals surface area (Å²) in [7, 11) is -3.87. The van der Waals surface area contributed by atoms with Crippen molar-refractivity contribution in [1.29, 1.82) is 0 Å².